The van der Waals surface area contributed by atoms with Crippen molar-refractivity contribution in [3.8, 4) is 0 Å². The van der Waals surface area contributed by atoms with Gasteiger partial charge in [-0.1, -0.05) is 0 Å². The minimum atomic E-state index is -1.43. The molecule has 41 valence electrons. The highest BCUT2D eigenvalue weighted by molar-refractivity contribution is 5.80. The molecule has 0 bridgehead atoms. The number of rotatable bonds is 2. The lowest BCUT2D eigenvalue weighted by Crippen LogP contribution is -2.19. The Bertz CT molecular complexity index is 69.3. The molecule has 3 heteroatoms. The maximum Gasteiger partial charge on any atom is 0.174 e. The molecule has 7 heavy (non-hydrogen) atoms. The predicted octanol–water partition coefficient (Wildman–Crippen LogP) is -0.633. The van der Waals surface area contributed by atoms with Crippen LogP contribution < -0.4 is 0 Å². The van der Waals surface area contributed by atoms with E-state index in [-0.39, 0.29) is 0 Å². The molecule has 0 saturated heterocycles. The third-order valence-corrected chi connectivity index (χ3v) is 0.619. The van der Waals surface area contributed by atoms with E-state index in [4.69, 9.17) is 5.11 Å². The number of hydrogen-bond donors (Lipinski definition) is 1. The van der Waals surface area contributed by atoms with Crippen molar-refractivity contribution in [1.29, 1.82) is 0 Å². The van der Waals surface area contributed by atoms with Crippen LogP contribution in [-0.2, 0) is 9.90 Å². The van der Waals surface area contributed by atoms with Crippen LogP contribution in [0.15, 0.2) is 0 Å². The summed E-state index contributed by atoms with van der Waals surface area (Å²) in [7, 11) is 0. The first-order valence-corrected chi connectivity index (χ1v) is 1.95. The van der Waals surface area contributed by atoms with E-state index in [1.165, 1.54) is 0 Å². The monoisotopic (exact) mass is 103 g/mol. The SMILES string of the molecule is CC(=O)C([O])CO. The summed E-state index contributed by atoms with van der Waals surface area (Å²) in [5.41, 5.74) is 0. The average molecular weight is 103 g/mol. The van der Waals surface area contributed by atoms with E-state index in [1.807, 2.05) is 0 Å². The lowest BCUT2D eigenvalue weighted by atomic mass is 10.3. The van der Waals surface area contributed by atoms with Crippen LogP contribution in [0.2, 0.25) is 0 Å². The third kappa shape index (κ3) is 2.31. The van der Waals surface area contributed by atoms with Crippen LogP contribution in [-0.4, -0.2) is 23.6 Å². The molecule has 0 amide bonds. The van der Waals surface area contributed by atoms with Crippen LogP contribution in [0.5, 0.6) is 0 Å². The summed E-state index contributed by atoms with van der Waals surface area (Å²) >= 11 is 0. The van der Waals surface area contributed by atoms with Crippen LogP contribution in [0.1, 0.15) is 6.92 Å². The standard InChI is InChI=1S/C4H7O3/c1-3(6)4(7)2-5/h4-5H,2H2,1H3. The zero-order valence-corrected chi connectivity index (χ0v) is 4.05. The Labute approximate surface area is 41.6 Å². The minimum Gasteiger partial charge on any atom is -0.393 e. The summed E-state index contributed by atoms with van der Waals surface area (Å²) in [5, 5.41) is 18.0. The fourth-order valence-corrected chi connectivity index (χ4v) is 0.129. The topological polar surface area (TPSA) is 57.2 Å². The second kappa shape index (κ2) is 2.71. The quantitative estimate of drug-likeness (QED) is 0.505. The van der Waals surface area contributed by atoms with E-state index in [2.05, 4.69) is 0 Å². The molecule has 0 fully saturated rings. The highest BCUT2D eigenvalue weighted by atomic mass is 16.3. The Morgan fingerprint density at radius 1 is 1.86 bits per heavy atom. The van der Waals surface area contributed by atoms with Crippen molar-refractivity contribution in [1.82, 2.24) is 0 Å². The molecular weight excluding hydrogens is 96.0 g/mol. The van der Waals surface area contributed by atoms with Crippen LogP contribution in [0, 0.1) is 0 Å². The molecule has 0 aliphatic heterocycles. The highest BCUT2D eigenvalue weighted by Gasteiger charge is 2.07. The first kappa shape index (κ1) is 6.59. The lowest BCUT2D eigenvalue weighted by molar-refractivity contribution is -0.130. The first-order valence-electron chi connectivity index (χ1n) is 1.95. The van der Waals surface area contributed by atoms with E-state index >= 15 is 0 Å². The Hall–Kier alpha value is -0.410. The largest absolute Gasteiger partial charge is 0.393 e. The summed E-state index contributed by atoms with van der Waals surface area (Å²) in [6, 6.07) is 0. The van der Waals surface area contributed by atoms with Crippen LogP contribution >= 0.6 is 0 Å². The van der Waals surface area contributed by atoms with E-state index in [0.717, 1.165) is 6.92 Å². The van der Waals surface area contributed by atoms with E-state index in [9.17, 15) is 9.90 Å². The van der Waals surface area contributed by atoms with Gasteiger partial charge in [-0.05, 0) is 6.92 Å². The smallest absolute Gasteiger partial charge is 0.174 e. The summed E-state index contributed by atoms with van der Waals surface area (Å²) in [4.78, 5) is 9.90. The van der Waals surface area contributed by atoms with Crippen LogP contribution in [0.25, 0.3) is 0 Å². The molecule has 1 radical (unpaired) electrons. The summed E-state index contributed by atoms with van der Waals surface area (Å²) < 4.78 is 0. The molecule has 1 N–H and O–H groups in total. The normalized spacial score (nSPS) is 13.6. The minimum absolute atomic E-state index is 0.512. The number of hydrogen-bond acceptors (Lipinski definition) is 2. The number of ketones is 1. The Morgan fingerprint density at radius 2 is 2.29 bits per heavy atom. The summed E-state index contributed by atoms with van der Waals surface area (Å²) in [6.07, 6.45) is -1.43. The van der Waals surface area contributed by atoms with Gasteiger partial charge in [0.15, 0.2) is 11.9 Å². The van der Waals surface area contributed by atoms with Gasteiger partial charge in [-0.15, -0.1) is 0 Å². The van der Waals surface area contributed by atoms with Crippen molar-refractivity contribution in [3.05, 3.63) is 0 Å². The van der Waals surface area contributed by atoms with Gasteiger partial charge in [-0.25, -0.2) is 5.11 Å². The van der Waals surface area contributed by atoms with Gasteiger partial charge in [-0.3, -0.25) is 4.79 Å². The van der Waals surface area contributed by atoms with Crippen molar-refractivity contribution in [2.24, 2.45) is 0 Å². The molecule has 0 heterocycles. The number of carbonyl (C=O) groups excluding carboxylic acids is 1. The van der Waals surface area contributed by atoms with Crippen LogP contribution in [0.4, 0.5) is 0 Å². The molecule has 0 aromatic heterocycles. The number of aliphatic hydroxyl groups is 1. The highest BCUT2D eigenvalue weighted by Crippen LogP contribution is 1.80. The number of Topliss-reactive ketones (excluding diaryl/α,β-unsaturated/α-hetero) is 1. The second-order valence-corrected chi connectivity index (χ2v) is 1.28. The van der Waals surface area contributed by atoms with Gasteiger partial charge < -0.3 is 5.11 Å². The molecule has 3 nitrogen and oxygen atoms in total. The molecule has 0 aliphatic carbocycles. The maximum atomic E-state index is 10.00. The molecular formula is C4H7O3. The van der Waals surface area contributed by atoms with Gasteiger partial charge >= 0.3 is 0 Å². The lowest BCUT2D eigenvalue weighted by Gasteiger charge is -1.93. The van der Waals surface area contributed by atoms with Crippen LogP contribution in [0.3, 0.4) is 0 Å². The van der Waals surface area contributed by atoms with Crippen molar-refractivity contribution in [3.63, 3.8) is 0 Å². The van der Waals surface area contributed by atoms with Gasteiger partial charge in [0.25, 0.3) is 0 Å². The Morgan fingerprint density at radius 3 is 2.29 bits per heavy atom. The zero-order chi connectivity index (χ0) is 5.86. The Kier molecular flexibility index (Phi) is 2.55. The molecule has 1 unspecified atom stereocenters. The molecule has 0 rings (SSSR count). The summed E-state index contributed by atoms with van der Waals surface area (Å²) in [5.74, 6) is -0.512. The summed E-state index contributed by atoms with van der Waals surface area (Å²) in [6.45, 7) is 0.573. The van der Waals surface area contributed by atoms with Gasteiger partial charge in [0.05, 0.1) is 6.61 Å². The molecule has 1 atom stereocenters. The third-order valence-electron chi connectivity index (χ3n) is 0.619. The van der Waals surface area contributed by atoms with Crippen molar-refractivity contribution in [2.75, 3.05) is 6.61 Å². The van der Waals surface area contributed by atoms with E-state index in [0.29, 0.717) is 0 Å². The van der Waals surface area contributed by atoms with Gasteiger partial charge in [0, 0.05) is 0 Å². The molecule has 0 spiro atoms. The number of carbonyl (C=O) groups is 1. The molecule has 0 aromatic carbocycles. The van der Waals surface area contributed by atoms with Crippen molar-refractivity contribution >= 4 is 5.78 Å². The first-order chi connectivity index (χ1) is 3.18. The van der Waals surface area contributed by atoms with E-state index in [1.54, 1.807) is 0 Å². The fraction of sp³-hybridized carbons (Fsp3) is 0.750. The maximum absolute atomic E-state index is 10.00. The molecule has 0 aliphatic rings. The average Bonchev–Trinajstić information content (AvgIpc) is 1.65. The fourth-order valence-electron chi connectivity index (χ4n) is 0.129. The van der Waals surface area contributed by atoms with E-state index < -0.39 is 18.5 Å². The van der Waals surface area contributed by atoms with Gasteiger partial charge in [0.1, 0.15) is 0 Å². The molecule has 0 saturated carbocycles. The predicted molar refractivity (Wildman–Crippen MR) is 22.2 cm³/mol. The second-order valence-electron chi connectivity index (χ2n) is 1.28. The molecule has 0 aromatic rings. The van der Waals surface area contributed by atoms with Gasteiger partial charge in [0.2, 0.25) is 0 Å². The number of aliphatic hydroxyl groups excluding tert-OH is 1. The zero-order valence-electron chi connectivity index (χ0n) is 4.05. The Balaban J connectivity index is 3.34. The van der Waals surface area contributed by atoms with Gasteiger partial charge in [-0.2, -0.15) is 0 Å². The van der Waals surface area contributed by atoms with Crippen molar-refractivity contribution < 1.29 is 15.0 Å². The van der Waals surface area contributed by atoms with Crippen molar-refractivity contribution in [2.45, 2.75) is 13.0 Å².